The topological polar surface area (TPSA) is 104 Å². The third-order valence-electron chi connectivity index (χ3n) is 3.07. The monoisotopic (exact) mass is 327 g/mol. The molecule has 1 aromatic carbocycles. The molecule has 1 atom stereocenters. The summed E-state index contributed by atoms with van der Waals surface area (Å²) in [6.45, 7) is 5.08. The zero-order chi connectivity index (χ0) is 18.2. The van der Waals surface area contributed by atoms with Crippen LogP contribution in [0.4, 0.5) is 0 Å². The zero-order valence-corrected chi connectivity index (χ0v) is 13.9. The molecule has 126 valence electrons. The molecule has 6 heteroatoms. The van der Waals surface area contributed by atoms with E-state index in [0.29, 0.717) is 5.56 Å². The van der Waals surface area contributed by atoms with Gasteiger partial charge in [0.2, 0.25) is 0 Å². The lowest BCUT2D eigenvalue weighted by Crippen LogP contribution is -2.61. The number of amides is 2. The second kappa shape index (κ2) is 8.73. The highest BCUT2D eigenvalue weighted by atomic mass is 16.5. The van der Waals surface area contributed by atoms with E-state index in [9.17, 15) is 9.59 Å². The van der Waals surface area contributed by atoms with Crippen LogP contribution >= 0.6 is 0 Å². The highest BCUT2D eigenvalue weighted by Crippen LogP contribution is 2.08. The highest BCUT2D eigenvalue weighted by Gasteiger charge is 2.33. The summed E-state index contributed by atoms with van der Waals surface area (Å²) in [5.74, 6) is 9.87. The van der Waals surface area contributed by atoms with Crippen molar-refractivity contribution in [2.45, 2.75) is 38.8 Å². The normalized spacial score (nSPS) is 11.2. The zero-order valence-electron chi connectivity index (χ0n) is 13.9. The van der Waals surface area contributed by atoms with Crippen molar-refractivity contribution in [2.75, 3.05) is 0 Å². The molecule has 0 saturated heterocycles. The summed E-state index contributed by atoms with van der Waals surface area (Å²) >= 11 is 0. The summed E-state index contributed by atoms with van der Waals surface area (Å²) in [6, 6.07) is 5.46. The summed E-state index contributed by atoms with van der Waals surface area (Å²) in [5.41, 5.74) is 7.40. The van der Waals surface area contributed by atoms with Crippen molar-refractivity contribution < 1.29 is 14.8 Å². The second-order valence-corrected chi connectivity index (χ2v) is 5.69. The molecule has 0 aliphatic carbocycles. The maximum Gasteiger partial charge on any atom is 0.267 e. The van der Waals surface area contributed by atoms with Gasteiger partial charge in [-0.2, -0.15) is 0 Å². The van der Waals surface area contributed by atoms with Gasteiger partial charge in [-0.3, -0.25) is 14.8 Å². The minimum Gasteiger partial charge on any atom is -0.338 e. The average Bonchev–Trinajstić information content (AvgIpc) is 2.55. The van der Waals surface area contributed by atoms with E-state index in [1.165, 1.54) is 5.48 Å². The van der Waals surface area contributed by atoms with Crippen LogP contribution in [-0.4, -0.2) is 28.6 Å². The number of rotatable bonds is 4. The minimum atomic E-state index is -1.08. The first-order valence-corrected chi connectivity index (χ1v) is 7.42. The Balaban J connectivity index is 2.87. The van der Waals surface area contributed by atoms with Crippen molar-refractivity contribution in [1.29, 1.82) is 0 Å². The molecule has 0 unspecified atom stereocenters. The predicted octanol–water partition coefficient (Wildman–Crippen LogP) is 0.793. The van der Waals surface area contributed by atoms with E-state index in [1.807, 2.05) is 6.92 Å². The number of nitrogens with one attached hydrogen (secondary N) is 2. The van der Waals surface area contributed by atoms with Crippen molar-refractivity contribution in [3.05, 3.63) is 35.4 Å². The molecule has 0 aliphatic heterocycles. The van der Waals surface area contributed by atoms with Crippen molar-refractivity contribution >= 4 is 11.8 Å². The molecule has 5 N–H and O–H groups in total. The van der Waals surface area contributed by atoms with Gasteiger partial charge in [-0.25, -0.2) is 5.48 Å². The number of hydroxylamine groups is 1. The standard InChI is InChI=1S/C18H21N3O3/c1-4-5-6-7-8-13-9-11-14(12-10-13)16(22)20-15(17(23)21-24)18(2,3)19/h9-12,15,24H,4,19H2,1-3H3,(H,20,22)(H,21,23)/t15-/m1/s1. The van der Waals surface area contributed by atoms with Crippen LogP contribution in [-0.2, 0) is 4.79 Å². The fourth-order valence-electron chi connectivity index (χ4n) is 1.81. The lowest BCUT2D eigenvalue weighted by atomic mass is 9.95. The molecule has 0 heterocycles. The fourth-order valence-corrected chi connectivity index (χ4v) is 1.81. The maximum absolute atomic E-state index is 12.2. The molecule has 24 heavy (non-hydrogen) atoms. The Morgan fingerprint density at radius 3 is 2.38 bits per heavy atom. The molecule has 0 aromatic heterocycles. The molecule has 2 amide bonds. The van der Waals surface area contributed by atoms with Crippen LogP contribution in [0, 0.1) is 23.7 Å². The lowest BCUT2D eigenvalue weighted by Gasteiger charge is -2.29. The molecule has 6 nitrogen and oxygen atoms in total. The van der Waals surface area contributed by atoms with Gasteiger partial charge in [0.1, 0.15) is 6.04 Å². The fraction of sp³-hybridized carbons (Fsp3) is 0.333. The minimum absolute atomic E-state index is 0.347. The van der Waals surface area contributed by atoms with Gasteiger partial charge in [0.25, 0.3) is 11.8 Å². The average molecular weight is 327 g/mol. The Morgan fingerprint density at radius 2 is 1.88 bits per heavy atom. The molecular formula is C18H21N3O3. The van der Waals surface area contributed by atoms with Crippen molar-refractivity contribution in [2.24, 2.45) is 5.73 Å². The lowest BCUT2D eigenvalue weighted by molar-refractivity contribution is -0.132. The second-order valence-electron chi connectivity index (χ2n) is 5.69. The Morgan fingerprint density at radius 1 is 1.25 bits per heavy atom. The van der Waals surface area contributed by atoms with Crippen LogP contribution in [0.25, 0.3) is 0 Å². The number of hydrogen-bond acceptors (Lipinski definition) is 4. The molecule has 0 fully saturated rings. The molecule has 0 bridgehead atoms. The third-order valence-corrected chi connectivity index (χ3v) is 3.07. The summed E-state index contributed by atoms with van der Waals surface area (Å²) in [4.78, 5) is 23.9. The Hall–Kier alpha value is -2.80. The van der Waals surface area contributed by atoms with Gasteiger partial charge in [0.15, 0.2) is 0 Å². The van der Waals surface area contributed by atoms with Crippen LogP contribution in [0.3, 0.4) is 0 Å². The van der Waals surface area contributed by atoms with Crippen molar-refractivity contribution in [1.82, 2.24) is 10.8 Å². The number of carbonyl (C=O) groups excluding carboxylic acids is 2. The SMILES string of the molecule is CCC#CC#Cc1ccc(C(=O)N[C@H](C(=O)NO)C(C)(C)N)cc1. The largest absolute Gasteiger partial charge is 0.338 e. The van der Waals surface area contributed by atoms with Gasteiger partial charge in [-0.15, -0.1) is 0 Å². The van der Waals surface area contributed by atoms with Crippen LogP contribution in [0.1, 0.15) is 43.1 Å². The van der Waals surface area contributed by atoms with Crippen molar-refractivity contribution in [3.8, 4) is 23.7 Å². The molecule has 0 radical (unpaired) electrons. The quantitative estimate of drug-likeness (QED) is 0.373. The molecule has 0 saturated carbocycles. The van der Waals surface area contributed by atoms with E-state index >= 15 is 0 Å². The first-order chi connectivity index (χ1) is 11.3. The van der Waals surface area contributed by atoms with E-state index in [2.05, 4.69) is 29.0 Å². The van der Waals surface area contributed by atoms with Gasteiger partial charge in [0, 0.05) is 23.1 Å². The summed E-state index contributed by atoms with van der Waals surface area (Å²) < 4.78 is 0. The number of carbonyl (C=O) groups is 2. The van der Waals surface area contributed by atoms with Gasteiger partial charge >= 0.3 is 0 Å². The van der Waals surface area contributed by atoms with Crippen LogP contribution < -0.4 is 16.5 Å². The molecule has 1 rings (SSSR count). The van der Waals surface area contributed by atoms with Gasteiger partial charge in [-0.05, 0) is 50.0 Å². The van der Waals surface area contributed by atoms with Crippen LogP contribution in [0.15, 0.2) is 24.3 Å². The predicted molar refractivity (Wildman–Crippen MR) is 90.8 cm³/mol. The van der Waals surface area contributed by atoms with Crippen LogP contribution in [0.2, 0.25) is 0 Å². The van der Waals surface area contributed by atoms with E-state index in [4.69, 9.17) is 10.9 Å². The van der Waals surface area contributed by atoms with E-state index < -0.39 is 23.4 Å². The molecule has 0 spiro atoms. The van der Waals surface area contributed by atoms with E-state index in [0.717, 1.165) is 12.0 Å². The van der Waals surface area contributed by atoms with Gasteiger partial charge in [-0.1, -0.05) is 18.8 Å². The Labute approximate surface area is 141 Å². The molecular weight excluding hydrogens is 306 g/mol. The summed E-state index contributed by atoms with van der Waals surface area (Å²) in [5, 5.41) is 11.3. The Kier molecular flexibility index (Phi) is 7.00. The van der Waals surface area contributed by atoms with Crippen molar-refractivity contribution in [3.63, 3.8) is 0 Å². The molecule has 1 aromatic rings. The number of benzene rings is 1. The van der Waals surface area contributed by atoms with E-state index in [1.54, 1.807) is 38.1 Å². The van der Waals surface area contributed by atoms with Gasteiger partial charge < -0.3 is 11.1 Å². The molecule has 0 aliphatic rings. The highest BCUT2D eigenvalue weighted by molar-refractivity contribution is 5.97. The first kappa shape index (κ1) is 19.2. The summed E-state index contributed by atoms with van der Waals surface area (Å²) in [7, 11) is 0. The number of hydrogen-bond donors (Lipinski definition) is 4. The van der Waals surface area contributed by atoms with E-state index in [-0.39, 0.29) is 0 Å². The third kappa shape index (κ3) is 5.77. The van der Waals surface area contributed by atoms with Gasteiger partial charge in [0.05, 0.1) is 0 Å². The summed E-state index contributed by atoms with van der Waals surface area (Å²) in [6.07, 6.45) is 0.744. The first-order valence-electron chi connectivity index (χ1n) is 7.42. The van der Waals surface area contributed by atoms with Crippen LogP contribution in [0.5, 0.6) is 0 Å². The Bertz CT molecular complexity index is 710. The number of nitrogens with two attached hydrogens (primary N) is 1. The smallest absolute Gasteiger partial charge is 0.267 e. The maximum atomic E-state index is 12.2.